The van der Waals surface area contributed by atoms with Gasteiger partial charge in [0.05, 0.1) is 0 Å². The van der Waals surface area contributed by atoms with Gasteiger partial charge < -0.3 is 13.6 Å². The molecule has 0 aliphatic carbocycles. The summed E-state index contributed by atoms with van der Waals surface area (Å²) in [6, 6.07) is 0. The zero-order chi connectivity index (χ0) is 16.5. The lowest BCUT2D eigenvalue weighted by atomic mass is 11.3. The molecule has 1 aliphatic rings. The van der Waals surface area contributed by atoms with Gasteiger partial charge in [0.25, 0.3) is 22.7 Å². The van der Waals surface area contributed by atoms with Crippen LogP contribution in [0.4, 0.5) is 0 Å². The van der Waals surface area contributed by atoms with Gasteiger partial charge in [-0.15, -0.1) is 0 Å². The summed E-state index contributed by atoms with van der Waals surface area (Å²) in [5.74, 6) is 0. The van der Waals surface area contributed by atoms with E-state index in [1.165, 1.54) is 0 Å². The Labute approximate surface area is 128 Å². The van der Waals surface area contributed by atoms with Crippen molar-refractivity contribution < 1.29 is 13.6 Å². The molecule has 0 fully saturated rings. The molecule has 9 nitrogen and oxygen atoms in total. The van der Waals surface area contributed by atoms with Crippen molar-refractivity contribution in [3.05, 3.63) is 0 Å². The quantitative estimate of drug-likeness (QED) is 0.676. The minimum atomic E-state index is -2.57. The van der Waals surface area contributed by atoms with E-state index in [0.29, 0.717) is 0 Å². The number of hydrogen-bond donors (Lipinski definition) is 0. The summed E-state index contributed by atoms with van der Waals surface area (Å²) in [5.41, 5.74) is 0. The lowest BCUT2D eigenvalue weighted by Crippen LogP contribution is -2.18. The molecule has 21 heavy (non-hydrogen) atoms. The van der Waals surface area contributed by atoms with Crippen LogP contribution in [0.3, 0.4) is 0 Å². The molecular weight excluding hydrogens is 333 g/mol. The van der Waals surface area contributed by atoms with Crippen LogP contribution < -0.4 is 0 Å². The third-order valence-corrected chi connectivity index (χ3v) is 13.2. The molecule has 0 aromatic heterocycles. The molecule has 12 heteroatoms. The van der Waals surface area contributed by atoms with E-state index in [1.807, 2.05) is 56.3 Å². The van der Waals surface area contributed by atoms with Crippen LogP contribution in [0, 0.1) is 0 Å². The van der Waals surface area contributed by atoms with Crippen LogP contribution in [-0.2, 0) is 13.6 Å². The fourth-order valence-corrected chi connectivity index (χ4v) is 13.3. The van der Waals surface area contributed by atoms with Gasteiger partial charge in [0.1, 0.15) is 0 Å². The standard InChI is InChI=1S/C9H27N6O3P3/c1-13(2)19(16-7)10-20(17-8,14(3)4)12-21(11-19,18-9)15(5)6/h1-9H3. The fourth-order valence-electron chi connectivity index (χ4n) is 1.70. The fraction of sp³-hybridized carbons (Fsp3) is 1.00. The molecule has 0 bridgehead atoms. The Kier molecular flexibility index (Phi) is 6.42. The zero-order valence-electron chi connectivity index (χ0n) is 14.2. The van der Waals surface area contributed by atoms with Crippen LogP contribution in [0.25, 0.3) is 0 Å². The highest BCUT2D eigenvalue weighted by atomic mass is 31.3. The highest BCUT2D eigenvalue weighted by molar-refractivity contribution is 7.80. The summed E-state index contributed by atoms with van der Waals surface area (Å²) in [4.78, 5) is 0. The van der Waals surface area contributed by atoms with Crippen molar-refractivity contribution in [2.75, 3.05) is 63.6 Å². The van der Waals surface area contributed by atoms with Crippen LogP contribution in [0.2, 0.25) is 0 Å². The smallest absolute Gasteiger partial charge is 0.282 e. The Morgan fingerprint density at radius 3 is 0.810 bits per heavy atom. The second kappa shape index (κ2) is 6.91. The first kappa shape index (κ1) is 19.5. The second-order valence-electron chi connectivity index (χ2n) is 4.90. The first-order chi connectivity index (χ1) is 9.63. The van der Waals surface area contributed by atoms with Crippen molar-refractivity contribution >= 4 is 22.7 Å². The Bertz CT molecular complexity index is 452. The highest BCUT2D eigenvalue weighted by Gasteiger charge is 2.42. The van der Waals surface area contributed by atoms with E-state index in [-0.39, 0.29) is 0 Å². The van der Waals surface area contributed by atoms with E-state index in [4.69, 9.17) is 27.1 Å². The largest absolute Gasteiger partial charge is 0.319 e. The van der Waals surface area contributed by atoms with Gasteiger partial charge in [-0.05, 0) is 42.3 Å². The molecule has 1 heterocycles. The molecule has 126 valence electrons. The van der Waals surface area contributed by atoms with Crippen molar-refractivity contribution in [1.82, 2.24) is 14.0 Å². The van der Waals surface area contributed by atoms with Crippen molar-refractivity contribution in [2.45, 2.75) is 0 Å². The summed E-state index contributed by atoms with van der Waals surface area (Å²) in [5, 5.41) is 0. The second-order valence-corrected chi connectivity index (χ2v) is 13.6. The molecule has 1 rings (SSSR count). The molecule has 0 aromatic rings. The first-order valence-corrected chi connectivity index (χ1v) is 11.0. The SMILES string of the molecule is COP1(N(C)C)=NP(OC)(N(C)C)=NP(OC)(N(C)C)=N1. The number of nitrogens with zero attached hydrogens (tertiary/aromatic N) is 6. The van der Waals surface area contributed by atoms with Gasteiger partial charge >= 0.3 is 0 Å². The number of hydrogen-bond acceptors (Lipinski definition) is 9. The Morgan fingerprint density at radius 1 is 0.524 bits per heavy atom. The normalized spacial score (nSPS) is 36.6. The molecule has 0 aromatic carbocycles. The van der Waals surface area contributed by atoms with E-state index in [2.05, 4.69) is 0 Å². The predicted octanol–water partition coefficient (Wildman–Crippen LogP) is 3.46. The van der Waals surface area contributed by atoms with Crippen molar-refractivity contribution in [1.29, 1.82) is 0 Å². The Balaban J connectivity index is 3.89. The van der Waals surface area contributed by atoms with Gasteiger partial charge in [-0.25, -0.2) is 14.0 Å². The topological polar surface area (TPSA) is 74.5 Å². The average Bonchev–Trinajstić information content (AvgIpc) is 2.45. The molecule has 1 aliphatic heterocycles. The molecule has 0 unspecified atom stereocenters. The van der Waals surface area contributed by atoms with Crippen molar-refractivity contribution in [2.24, 2.45) is 13.5 Å². The molecule has 0 spiro atoms. The van der Waals surface area contributed by atoms with Crippen LogP contribution in [0.5, 0.6) is 0 Å². The van der Waals surface area contributed by atoms with Gasteiger partial charge in [0.2, 0.25) is 0 Å². The number of rotatable bonds is 6. The molecule has 0 radical (unpaired) electrons. The summed E-state index contributed by atoms with van der Waals surface area (Å²) in [6.07, 6.45) is 0. The first-order valence-electron chi connectivity index (χ1n) is 6.26. The van der Waals surface area contributed by atoms with E-state index >= 15 is 0 Å². The molecule has 0 saturated heterocycles. The van der Waals surface area contributed by atoms with Gasteiger partial charge in [-0.1, -0.05) is 0 Å². The van der Waals surface area contributed by atoms with Crippen LogP contribution in [0.1, 0.15) is 0 Å². The molecule has 0 saturated carbocycles. The minimum absolute atomic E-state index is 1.62. The molecular formula is C9H27N6O3P3. The van der Waals surface area contributed by atoms with Crippen LogP contribution in [-0.4, -0.2) is 77.6 Å². The van der Waals surface area contributed by atoms with Gasteiger partial charge in [-0.3, -0.25) is 0 Å². The monoisotopic (exact) mass is 360 g/mol. The minimum Gasteiger partial charge on any atom is -0.319 e. The van der Waals surface area contributed by atoms with Gasteiger partial charge in [-0.2, -0.15) is 13.5 Å². The summed E-state index contributed by atoms with van der Waals surface area (Å²) in [6.45, 7) is 0. The maximum atomic E-state index is 5.74. The average molecular weight is 360 g/mol. The lowest BCUT2D eigenvalue weighted by Gasteiger charge is -2.39. The maximum Gasteiger partial charge on any atom is 0.282 e. The van der Waals surface area contributed by atoms with E-state index in [1.54, 1.807) is 21.3 Å². The van der Waals surface area contributed by atoms with Gasteiger partial charge in [0, 0.05) is 21.3 Å². The van der Waals surface area contributed by atoms with Crippen molar-refractivity contribution in [3.63, 3.8) is 0 Å². The maximum absolute atomic E-state index is 5.74. The zero-order valence-corrected chi connectivity index (χ0v) is 16.9. The van der Waals surface area contributed by atoms with E-state index in [0.717, 1.165) is 0 Å². The molecule has 0 atom stereocenters. The summed E-state index contributed by atoms with van der Waals surface area (Å²) in [7, 11) is 8.53. The summed E-state index contributed by atoms with van der Waals surface area (Å²) < 4.78 is 37.4. The van der Waals surface area contributed by atoms with Crippen molar-refractivity contribution in [3.8, 4) is 0 Å². The van der Waals surface area contributed by atoms with Crippen LogP contribution in [0.15, 0.2) is 13.5 Å². The lowest BCUT2D eigenvalue weighted by molar-refractivity contribution is 0.379. The highest BCUT2D eigenvalue weighted by Crippen LogP contribution is 2.80. The Hall–Kier alpha value is 0.450. The summed E-state index contributed by atoms with van der Waals surface area (Å²) >= 11 is 0. The molecule has 0 N–H and O–H groups in total. The van der Waals surface area contributed by atoms with E-state index in [9.17, 15) is 0 Å². The third kappa shape index (κ3) is 3.37. The Morgan fingerprint density at radius 2 is 0.714 bits per heavy atom. The third-order valence-electron chi connectivity index (χ3n) is 3.00. The van der Waals surface area contributed by atoms with Crippen LogP contribution >= 0.6 is 22.7 Å². The van der Waals surface area contributed by atoms with Gasteiger partial charge in [0.15, 0.2) is 0 Å². The molecule has 0 amide bonds. The predicted molar refractivity (Wildman–Crippen MR) is 90.1 cm³/mol. The van der Waals surface area contributed by atoms with E-state index < -0.39 is 22.7 Å².